The summed E-state index contributed by atoms with van der Waals surface area (Å²) in [5, 5.41) is 6.53. The van der Waals surface area contributed by atoms with Crippen molar-refractivity contribution in [2.45, 2.75) is 25.7 Å². The standard InChI is InChI=1S/C27H25N3O6/c1-33-22-14-8-13-21(16-22)25-29-24(36-30-25)18-34-26(31)23(15-19-9-4-2-5-10-19)28-27(32)35-17-20-11-6-3-7-12-20/h2-14,16,23H,15,17-18H2,1H3,(H,28,32)/t23-/m0/s1. The van der Waals surface area contributed by atoms with E-state index >= 15 is 0 Å². The lowest BCUT2D eigenvalue weighted by Gasteiger charge is -2.17. The summed E-state index contributed by atoms with van der Waals surface area (Å²) in [5.74, 6) is 0.450. The van der Waals surface area contributed by atoms with Crippen molar-refractivity contribution >= 4 is 12.1 Å². The highest BCUT2D eigenvalue weighted by Crippen LogP contribution is 2.21. The monoisotopic (exact) mass is 487 g/mol. The average molecular weight is 488 g/mol. The van der Waals surface area contributed by atoms with Crippen LogP contribution in [0.2, 0.25) is 0 Å². The second-order valence-corrected chi connectivity index (χ2v) is 7.80. The summed E-state index contributed by atoms with van der Waals surface area (Å²) in [5.41, 5.74) is 2.37. The first-order valence-corrected chi connectivity index (χ1v) is 11.3. The lowest BCUT2D eigenvalue weighted by molar-refractivity contribution is -0.148. The molecule has 36 heavy (non-hydrogen) atoms. The molecule has 0 fully saturated rings. The van der Waals surface area contributed by atoms with Crippen molar-refractivity contribution in [1.29, 1.82) is 0 Å². The van der Waals surface area contributed by atoms with Crippen molar-refractivity contribution < 1.29 is 28.3 Å². The number of amides is 1. The number of rotatable bonds is 10. The Hall–Kier alpha value is -4.66. The van der Waals surface area contributed by atoms with Crippen LogP contribution in [0.3, 0.4) is 0 Å². The van der Waals surface area contributed by atoms with Crippen LogP contribution >= 0.6 is 0 Å². The largest absolute Gasteiger partial charge is 0.497 e. The number of ether oxygens (including phenoxy) is 3. The van der Waals surface area contributed by atoms with E-state index in [1.165, 1.54) is 0 Å². The first-order valence-electron chi connectivity index (χ1n) is 11.3. The van der Waals surface area contributed by atoms with Gasteiger partial charge in [-0.2, -0.15) is 4.98 Å². The van der Waals surface area contributed by atoms with Gasteiger partial charge >= 0.3 is 12.1 Å². The van der Waals surface area contributed by atoms with Gasteiger partial charge in [0.15, 0.2) is 6.61 Å². The molecule has 1 N–H and O–H groups in total. The Morgan fingerprint density at radius 3 is 2.33 bits per heavy atom. The maximum Gasteiger partial charge on any atom is 0.408 e. The van der Waals surface area contributed by atoms with E-state index in [1.807, 2.05) is 66.7 Å². The SMILES string of the molecule is COc1cccc(-c2noc(COC(=O)[C@H](Cc3ccccc3)NC(=O)OCc3ccccc3)n2)c1. The van der Waals surface area contributed by atoms with E-state index in [2.05, 4.69) is 15.5 Å². The minimum atomic E-state index is -0.976. The summed E-state index contributed by atoms with van der Waals surface area (Å²) < 4.78 is 21.1. The molecule has 3 aromatic carbocycles. The molecule has 9 heteroatoms. The molecule has 184 valence electrons. The number of nitrogens with one attached hydrogen (secondary N) is 1. The summed E-state index contributed by atoms with van der Waals surface area (Å²) in [6, 6.07) is 24.7. The maximum absolute atomic E-state index is 12.9. The molecular weight excluding hydrogens is 462 g/mol. The Labute approximate surface area is 208 Å². The van der Waals surface area contributed by atoms with Gasteiger partial charge < -0.3 is 24.1 Å². The van der Waals surface area contributed by atoms with Gasteiger partial charge in [0.25, 0.3) is 5.89 Å². The number of carbonyl (C=O) groups is 2. The van der Waals surface area contributed by atoms with Gasteiger partial charge in [-0.05, 0) is 23.3 Å². The van der Waals surface area contributed by atoms with Gasteiger partial charge in [0.05, 0.1) is 7.11 Å². The number of esters is 1. The van der Waals surface area contributed by atoms with Crippen LogP contribution in [0, 0.1) is 0 Å². The van der Waals surface area contributed by atoms with Gasteiger partial charge in [0.1, 0.15) is 18.4 Å². The maximum atomic E-state index is 12.9. The molecule has 0 unspecified atom stereocenters. The first kappa shape index (κ1) is 24.5. The molecule has 0 saturated heterocycles. The van der Waals surface area contributed by atoms with Crippen LogP contribution in [-0.4, -0.2) is 35.4 Å². The van der Waals surface area contributed by atoms with Crippen LogP contribution in [0.15, 0.2) is 89.5 Å². The van der Waals surface area contributed by atoms with E-state index in [-0.39, 0.29) is 25.5 Å². The van der Waals surface area contributed by atoms with Gasteiger partial charge in [0.2, 0.25) is 5.82 Å². The lowest BCUT2D eigenvalue weighted by atomic mass is 10.1. The molecule has 0 saturated carbocycles. The number of benzene rings is 3. The molecule has 1 atom stereocenters. The zero-order valence-corrected chi connectivity index (χ0v) is 19.6. The first-order chi connectivity index (χ1) is 17.6. The van der Waals surface area contributed by atoms with Crippen molar-refractivity contribution in [2.24, 2.45) is 0 Å². The predicted octanol–water partition coefficient (Wildman–Crippen LogP) is 4.33. The van der Waals surface area contributed by atoms with Crippen molar-refractivity contribution in [1.82, 2.24) is 15.5 Å². The highest BCUT2D eigenvalue weighted by molar-refractivity contribution is 5.81. The summed E-state index contributed by atoms with van der Waals surface area (Å²) in [7, 11) is 1.57. The van der Waals surface area contributed by atoms with Crippen LogP contribution in [0.25, 0.3) is 11.4 Å². The number of hydrogen-bond acceptors (Lipinski definition) is 8. The minimum Gasteiger partial charge on any atom is -0.497 e. The smallest absolute Gasteiger partial charge is 0.408 e. The Morgan fingerprint density at radius 1 is 0.889 bits per heavy atom. The summed E-state index contributed by atoms with van der Waals surface area (Å²) in [6.07, 6.45) is -0.506. The molecule has 9 nitrogen and oxygen atoms in total. The van der Waals surface area contributed by atoms with Crippen molar-refractivity contribution in [3.63, 3.8) is 0 Å². The van der Waals surface area contributed by atoms with Crippen molar-refractivity contribution in [3.05, 3.63) is 102 Å². The van der Waals surface area contributed by atoms with Crippen molar-refractivity contribution in [2.75, 3.05) is 7.11 Å². The Morgan fingerprint density at radius 2 is 1.61 bits per heavy atom. The summed E-state index contributed by atoms with van der Waals surface area (Å²) >= 11 is 0. The third-order valence-corrected chi connectivity index (χ3v) is 5.21. The van der Waals surface area contributed by atoms with E-state index < -0.39 is 18.1 Å². The number of aromatic nitrogens is 2. The molecule has 4 rings (SSSR count). The fourth-order valence-corrected chi connectivity index (χ4v) is 3.38. The molecule has 4 aromatic rings. The number of hydrogen-bond donors (Lipinski definition) is 1. The molecular formula is C27H25N3O6. The quantitative estimate of drug-likeness (QED) is 0.329. The van der Waals surface area contributed by atoms with Gasteiger partial charge in [0, 0.05) is 12.0 Å². The molecule has 0 bridgehead atoms. The van der Waals surface area contributed by atoms with Crippen molar-refractivity contribution in [3.8, 4) is 17.1 Å². The van der Waals surface area contributed by atoms with Crippen LogP contribution in [0.5, 0.6) is 5.75 Å². The lowest BCUT2D eigenvalue weighted by Crippen LogP contribution is -2.43. The average Bonchev–Trinajstić information content (AvgIpc) is 3.40. The van der Waals surface area contributed by atoms with Gasteiger partial charge in [-0.25, -0.2) is 9.59 Å². The molecule has 1 aromatic heterocycles. The number of methoxy groups -OCH3 is 1. The third-order valence-electron chi connectivity index (χ3n) is 5.21. The van der Waals surface area contributed by atoms with E-state index in [4.69, 9.17) is 18.7 Å². The highest BCUT2D eigenvalue weighted by atomic mass is 16.6. The molecule has 1 heterocycles. The van der Waals surface area contributed by atoms with E-state index in [1.54, 1.807) is 25.3 Å². The number of carbonyl (C=O) groups excluding carboxylic acids is 2. The molecule has 0 aliphatic carbocycles. The Balaban J connectivity index is 1.38. The molecule has 1 amide bonds. The topological polar surface area (TPSA) is 113 Å². The van der Waals surface area contributed by atoms with Gasteiger partial charge in [-0.15, -0.1) is 0 Å². The van der Waals surface area contributed by atoms with Crippen LogP contribution < -0.4 is 10.1 Å². The van der Waals surface area contributed by atoms with Gasteiger partial charge in [-0.3, -0.25) is 0 Å². The molecule has 0 radical (unpaired) electrons. The summed E-state index contributed by atoms with van der Waals surface area (Å²) in [6.45, 7) is -0.170. The fraction of sp³-hybridized carbons (Fsp3) is 0.185. The zero-order valence-electron chi connectivity index (χ0n) is 19.6. The fourth-order valence-electron chi connectivity index (χ4n) is 3.38. The van der Waals surface area contributed by atoms with E-state index in [0.29, 0.717) is 17.1 Å². The van der Waals surface area contributed by atoms with Gasteiger partial charge in [-0.1, -0.05) is 78.0 Å². The zero-order chi connectivity index (χ0) is 25.2. The normalized spacial score (nSPS) is 11.4. The van der Waals surface area contributed by atoms with E-state index in [0.717, 1.165) is 11.1 Å². The molecule has 0 aliphatic heterocycles. The highest BCUT2D eigenvalue weighted by Gasteiger charge is 2.24. The third kappa shape index (κ3) is 6.92. The Bertz CT molecular complexity index is 1280. The predicted molar refractivity (Wildman–Crippen MR) is 130 cm³/mol. The van der Waals surface area contributed by atoms with E-state index in [9.17, 15) is 9.59 Å². The van der Waals surface area contributed by atoms with Crippen LogP contribution in [0.1, 0.15) is 17.0 Å². The number of alkyl carbamates (subject to hydrolysis) is 1. The molecule has 0 spiro atoms. The van der Waals surface area contributed by atoms with Crippen LogP contribution in [0.4, 0.5) is 4.79 Å². The number of nitrogens with zero attached hydrogens (tertiary/aromatic N) is 2. The molecule has 0 aliphatic rings. The second kappa shape index (κ2) is 12.2. The minimum absolute atomic E-state index is 0.0782. The second-order valence-electron chi connectivity index (χ2n) is 7.80. The Kier molecular flexibility index (Phi) is 8.27. The van der Waals surface area contributed by atoms with Crippen LogP contribution in [-0.2, 0) is 33.9 Å². The summed E-state index contributed by atoms with van der Waals surface area (Å²) in [4.78, 5) is 29.6.